The fourth-order valence-electron chi connectivity index (χ4n) is 1.96. The van der Waals surface area contributed by atoms with Crippen molar-refractivity contribution in [3.8, 4) is 5.69 Å². The summed E-state index contributed by atoms with van der Waals surface area (Å²) in [5.41, 5.74) is 1.61. The minimum Gasteiger partial charge on any atom is -0.461 e. The minimum atomic E-state index is -0.477. The molecule has 0 unspecified atom stereocenters. The summed E-state index contributed by atoms with van der Waals surface area (Å²) in [6.45, 7) is 2.04. The Labute approximate surface area is 148 Å². The summed E-state index contributed by atoms with van der Waals surface area (Å²) in [6, 6.07) is 13.1. The smallest absolute Gasteiger partial charge is 0.369 e. The van der Waals surface area contributed by atoms with Gasteiger partial charge in [0.2, 0.25) is 9.81 Å². The zero-order valence-corrected chi connectivity index (χ0v) is 14.3. The summed E-state index contributed by atoms with van der Waals surface area (Å²) in [5.74, 6) is -0.477. The van der Waals surface area contributed by atoms with Gasteiger partial charge < -0.3 is 4.74 Å². The van der Waals surface area contributed by atoms with Gasteiger partial charge in [-0.05, 0) is 25.1 Å². The van der Waals surface area contributed by atoms with Gasteiger partial charge in [0.25, 0.3) is 0 Å². The molecule has 0 saturated heterocycles. The summed E-state index contributed by atoms with van der Waals surface area (Å²) in [4.78, 5) is 16.4. The van der Waals surface area contributed by atoms with Gasteiger partial charge in [-0.25, -0.2) is 9.48 Å². The van der Waals surface area contributed by atoms with Crippen molar-refractivity contribution in [3.63, 3.8) is 0 Å². The van der Waals surface area contributed by atoms with Crippen molar-refractivity contribution in [3.05, 3.63) is 70.2 Å². The second-order valence-electron chi connectivity index (χ2n) is 4.79. The molecule has 0 spiro atoms. The van der Waals surface area contributed by atoms with E-state index >= 15 is 0 Å². The highest BCUT2D eigenvalue weighted by Gasteiger charge is 2.15. The summed E-state index contributed by atoms with van der Waals surface area (Å²) in [6.07, 6.45) is 4.96. The van der Waals surface area contributed by atoms with Gasteiger partial charge in [-0.15, -0.1) is 10.2 Å². The van der Waals surface area contributed by atoms with Crippen LogP contribution in [0.4, 0.5) is 0 Å². The molecule has 0 N–H and O–H groups in total. The Kier molecular flexibility index (Phi) is 5.43. The lowest BCUT2D eigenvalue weighted by molar-refractivity contribution is 0.0524. The van der Waals surface area contributed by atoms with Gasteiger partial charge in [0.15, 0.2) is 0 Å². The van der Waals surface area contributed by atoms with Gasteiger partial charge in [-0.2, -0.15) is 5.10 Å². The molecule has 3 rings (SSSR count). The Morgan fingerprint density at radius 2 is 2.12 bits per heavy atom. The molecular weight excluding hydrogens is 338 g/mol. The van der Waals surface area contributed by atoms with E-state index in [-0.39, 0.29) is 11.6 Å². The average Bonchev–Trinajstić information content (AvgIpc) is 3.08. The van der Waals surface area contributed by atoms with Crippen LogP contribution in [0.1, 0.15) is 22.3 Å². The van der Waals surface area contributed by atoms with E-state index in [2.05, 4.69) is 20.3 Å². The molecule has 25 heavy (non-hydrogen) atoms. The minimum absolute atomic E-state index is 0.223. The maximum atomic E-state index is 12.0. The van der Waals surface area contributed by atoms with Gasteiger partial charge >= 0.3 is 5.97 Å². The zero-order chi connectivity index (χ0) is 17.5. The van der Waals surface area contributed by atoms with Crippen molar-refractivity contribution in [2.24, 2.45) is 10.2 Å². The van der Waals surface area contributed by atoms with Crippen LogP contribution in [0.15, 0.2) is 65.1 Å². The van der Waals surface area contributed by atoms with Crippen molar-refractivity contribution in [1.82, 2.24) is 14.8 Å². The van der Waals surface area contributed by atoms with Crippen molar-refractivity contribution in [2.45, 2.75) is 6.92 Å². The van der Waals surface area contributed by atoms with Crippen LogP contribution < -0.4 is 4.80 Å². The summed E-state index contributed by atoms with van der Waals surface area (Å²) >= 11 is 1.12. The van der Waals surface area contributed by atoms with Gasteiger partial charge in [0, 0.05) is 18.0 Å². The maximum absolute atomic E-state index is 12.0. The first-order valence-electron chi connectivity index (χ1n) is 7.57. The number of para-hydroxylation sites is 1. The Morgan fingerprint density at radius 3 is 2.84 bits per heavy atom. The molecule has 1 aromatic carbocycles. The average molecular weight is 353 g/mol. The quantitative estimate of drug-likeness (QED) is 0.401. The summed E-state index contributed by atoms with van der Waals surface area (Å²) < 4.78 is 6.58. The van der Waals surface area contributed by atoms with Crippen LogP contribution >= 0.6 is 11.3 Å². The first-order chi connectivity index (χ1) is 12.3. The molecule has 0 atom stereocenters. The van der Waals surface area contributed by atoms with E-state index < -0.39 is 5.97 Å². The number of hydrogen-bond acceptors (Lipinski definition) is 7. The molecule has 0 aliphatic carbocycles. The van der Waals surface area contributed by atoms with E-state index in [1.807, 2.05) is 42.5 Å². The van der Waals surface area contributed by atoms with Crippen LogP contribution in [0.3, 0.4) is 0 Å². The van der Waals surface area contributed by atoms with Crippen molar-refractivity contribution >= 4 is 23.5 Å². The molecule has 0 aliphatic heterocycles. The van der Waals surface area contributed by atoms with E-state index in [1.165, 1.54) is 0 Å². The van der Waals surface area contributed by atoms with E-state index in [0.717, 1.165) is 22.6 Å². The Morgan fingerprint density at radius 1 is 1.28 bits per heavy atom. The van der Waals surface area contributed by atoms with E-state index in [9.17, 15) is 4.79 Å². The van der Waals surface area contributed by atoms with Crippen LogP contribution in [0, 0.1) is 0 Å². The first kappa shape index (κ1) is 16.7. The third-order valence-corrected chi connectivity index (χ3v) is 3.92. The predicted molar refractivity (Wildman–Crippen MR) is 94.8 cm³/mol. The van der Waals surface area contributed by atoms with Crippen molar-refractivity contribution in [1.29, 1.82) is 0 Å². The molecule has 2 aromatic heterocycles. The van der Waals surface area contributed by atoms with Crippen LogP contribution in [0.2, 0.25) is 0 Å². The number of aromatic nitrogens is 3. The Bertz CT molecular complexity index is 932. The highest BCUT2D eigenvalue weighted by Crippen LogP contribution is 2.08. The number of nitrogens with zero attached hydrogens (tertiary/aromatic N) is 5. The monoisotopic (exact) mass is 353 g/mol. The molecule has 7 nitrogen and oxygen atoms in total. The van der Waals surface area contributed by atoms with Crippen LogP contribution in [0.5, 0.6) is 0 Å². The number of ether oxygens (including phenoxy) is 1. The molecule has 8 heteroatoms. The maximum Gasteiger partial charge on any atom is 0.369 e. The second-order valence-corrected chi connectivity index (χ2v) is 5.74. The number of benzene rings is 1. The fraction of sp³-hybridized carbons (Fsp3) is 0.118. The fourth-order valence-corrected chi connectivity index (χ4v) is 2.71. The summed E-state index contributed by atoms with van der Waals surface area (Å²) in [5, 5.41) is 12.8. The van der Waals surface area contributed by atoms with Crippen LogP contribution in [-0.2, 0) is 4.74 Å². The Hall–Kier alpha value is -3.13. The highest BCUT2D eigenvalue weighted by molar-refractivity contribution is 7.10. The molecule has 3 aromatic rings. The number of hydrogen-bond donors (Lipinski definition) is 0. The van der Waals surface area contributed by atoms with Crippen molar-refractivity contribution in [2.75, 3.05) is 6.61 Å². The lowest BCUT2D eigenvalue weighted by Crippen LogP contribution is -2.14. The van der Waals surface area contributed by atoms with Crippen molar-refractivity contribution < 1.29 is 9.53 Å². The SMILES string of the molecule is CCOC(=O)c1nn(-c2ccccc2)/c(=N/N=C/c2cccnc2)s1. The third-order valence-electron chi connectivity index (χ3n) is 3.05. The standard InChI is InChI=1S/C17H15N5O2S/c1-2-24-16(23)15-21-22(14-8-4-3-5-9-14)17(25-15)20-19-12-13-7-6-10-18-11-13/h3-12H,2H2,1H3/b19-12+,20-17-. The highest BCUT2D eigenvalue weighted by atomic mass is 32.1. The molecule has 0 amide bonds. The number of carbonyl (C=O) groups is 1. The summed E-state index contributed by atoms with van der Waals surface area (Å²) in [7, 11) is 0. The van der Waals surface area contributed by atoms with E-state index in [4.69, 9.17) is 4.74 Å². The van der Waals surface area contributed by atoms with Gasteiger partial charge in [-0.1, -0.05) is 35.6 Å². The molecule has 2 heterocycles. The molecule has 0 aliphatic rings. The lowest BCUT2D eigenvalue weighted by Gasteiger charge is -1.99. The number of rotatable bonds is 5. The van der Waals surface area contributed by atoms with Crippen LogP contribution in [0.25, 0.3) is 5.69 Å². The normalized spacial score (nSPS) is 11.8. The topological polar surface area (TPSA) is 81.7 Å². The molecule has 0 fully saturated rings. The molecule has 0 radical (unpaired) electrons. The zero-order valence-electron chi connectivity index (χ0n) is 13.4. The largest absolute Gasteiger partial charge is 0.461 e. The van der Waals surface area contributed by atoms with E-state index in [1.54, 1.807) is 30.2 Å². The lowest BCUT2D eigenvalue weighted by atomic mass is 10.3. The molecule has 0 bridgehead atoms. The number of esters is 1. The number of carbonyl (C=O) groups excluding carboxylic acids is 1. The molecular formula is C17H15N5O2S. The van der Waals surface area contributed by atoms with E-state index in [0.29, 0.717) is 4.80 Å². The van der Waals surface area contributed by atoms with Gasteiger partial charge in [0.1, 0.15) is 0 Å². The van der Waals surface area contributed by atoms with Gasteiger partial charge in [0.05, 0.1) is 18.5 Å². The van der Waals surface area contributed by atoms with Gasteiger partial charge in [-0.3, -0.25) is 4.98 Å². The third kappa shape index (κ3) is 4.24. The Balaban J connectivity index is 2.00. The predicted octanol–water partition coefficient (Wildman–Crippen LogP) is 2.44. The van der Waals surface area contributed by atoms with Crippen LogP contribution in [-0.4, -0.2) is 33.6 Å². The first-order valence-corrected chi connectivity index (χ1v) is 8.39. The second kappa shape index (κ2) is 8.11. The molecule has 126 valence electrons. The molecule has 0 saturated carbocycles. The number of pyridine rings is 1.